The van der Waals surface area contributed by atoms with Crippen molar-refractivity contribution in [3.8, 4) is 22.9 Å². The third-order valence-corrected chi connectivity index (χ3v) is 6.46. The average molecular weight is 568 g/mol. The number of nitrogens with zero attached hydrogens (tertiary/aromatic N) is 6. The monoisotopic (exact) mass is 566 g/mol. The summed E-state index contributed by atoms with van der Waals surface area (Å²) in [6, 6.07) is 19.5. The number of halogens is 3. The fourth-order valence-corrected chi connectivity index (χ4v) is 4.41. The molecule has 8 nitrogen and oxygen atoms in total. The molecule has 0 amide bonds. The highest BCUT2D eigenvalue weighted by atomic mass is 35.5. The summed E-state index contributed by atoms with van der Waals surface area (Å²) >= 11 is 17.7. The molecule has 0 unspecified atom stereocenters. The zero-order valence-corrected chi connectivity index (χ0v) is 22.5. The summed E-state index contributed by atoms with van der Waals surface area (Å²) in [5.41, 5.74) is 6.55. The van der Waals surface area contributed by atoms with Crippen molar-refractivity contribution in [1.82, 2.24) is 30.0 Å². The zero-order chi connectivity index (χ0) is 27.0. The Balaban J connectivity index is 0.000000156. The molecule has 6 aromatic rings. The Hall–Kier alpha value is -3.85. The lowest BCUT2D eigenvalue weighted by atomic mass is 10.1. The lowest BCUT2D eigenvalue weighted by Crippen LogP contribution is -2.01. The number of aromatic hydroxyl groups is 2. The minimum atomic E-state index is 0.0944. The molecule has 2 aromatic heterocycles. The normalized spacial score (nSPS) is 11.1. The van der Waals surface area contributed by atoms with Gasteiger partial charge in [0.05, 0.1) is 5.88 Å². The second-order valence-electron chi connectivity index (χ2n) is 8.66. The fraction of sp³-hybridized carbons (Fsp3) is 0.111. The van der Waals surface area contributed by atoms with Gasteiger partial charge in [-0.15, -0.1) is 41.6 Å². The van der Waals surface area contributed by atoms with Crippen molar-refractivity contribution < 1.29 is 10.2 Å². The largest absolute Gasteiger partial charge is 0.506 e. The van der Waals surface area contributed by atoms with E-state index in [1.54, 1.807) is 42.5 Å². The summed E-state index contributed by atoms with van der Waals surface area (Å²) in [6.07, 6.45) is 0. The van der Waals surface area contributed by atoms with Crippen LogP contribution < -0.4 is 0 Å². The van der Waals surface area contributed by atoms with Crippen LogP contribution in [0.2, 0.25) is 10.0 Å². The molecule has 0 saturated carbocycles. The standard InChI is InChI=1S/C14H11Cl2N3O.C13H10ClN3O/c1-8-4-9(7-15)14(20)13(5-8)19-17-11-3-2-10(16)6-12(11)18-19;1-8-2-5-13(18)12(6-8)17-15-10-4-3-9(14)7-11(10)16-17/h2-6,20H,7H2,1H3;2-7,18H,1H3. The predicted octanol–water partition coefficient (Wildman–Crippen LogP) is 6.91. The van der Waals surface area contributed by atoms with Crippen LogP contribution in [0.4, 0.5) is 0 Å². The summed E-state index contributed by atoms with van der Waals surface area (Å²) in [5.74, 6) is 0.469. The van der Waals surface area contributed by atoms with Crippen molar-refractivity contribution in [3.63, 3.8) is 0 Å². The maximum atomic E-state index is 10.2. The number of hydrogen-bond donors (Lipinski definition) is 2. The summed E-state index contributed by atoms with van der Waals surface area (Å²) < 4.78 is 0. The minimum absolute atomic E-state index is 0.0944. The molecule has 0 atom stereocenters. The number of phenols is 2. The number of benzene rings is 4. The third-order valence-electron chi connectivity index (χ3n) is 5.70. The van der Waals surface area contributed by atoms with Gasteiger partial charge in [0.1, 0.15) is 44.9 Å². The van der Waals surface area contributed by atoms with Crippen molar-refractivity contribution in [2.75, 3.05) is 0 Å². The molecule has 0 aliphatic rings. The van der Waals surface area contributed by atoms with E-state index >= 15 is 0 Å². The number of phenolic OH excluding ortho intramolecular Hbond substituents is 2. The molecule has 11 heteroatoms. The van der Waals surface area contributed by atoms with E-state index in [2.05, 4.69) is 20.4 Å². The fourth-order valence-electron chi connectivity index (χ4n) is 3.87. The van der Waals surface area contributed by atoms with Crippen molar-refractivity contribution in [2.45, 2.75) is 19.7 Å². The van der Waals surface area contributed by atoms with Crippen LogP contribution in [0.5, 0.6) is 11.5 Å². The number of aryl methyl sites for hydroxylation is 2. The first kappa shape index (κ1) is 25.8. The Morgan fingerprint density at radius 1 is 0.632 bits per heavy atom. The van der Waals surface area contributed by atoms with Crippen LogP contribution in [0.3, 0.4) is 0 Å². The molecule has 38 heavy (non-hydrogen) atoms. The van der Waals surface area contributed by atoms with Gasteiger partial charge in [0.25, 0.3) is 0 Å². The molecular formula is C27H21Cl3N6O2. The first-order valence-corrected chi connectivity index (χ1v) is 12.7. The van der Waals surface area contributed by atoms with E-state index in [0.717, 1.165) is 16.6 Å². The minimum Gasteiger partial charge on any atom is -0.506 e. The number of alkyl halides is 1. The molecule has 4 aromatic carbocycles. The Bertz CT molecular complexity index is 1800. The molecule has 2 N–H and O–H groups in total. The molecule has 6 rings (SSSR count). The molecule has 0 bridgehead atoms. The van der Waals surface area contributed by atoms with Gasteiger partial charge < -0.3 is 10.2 Å². The first-order valence-electron chi connectivity index (χ1n) is 11.5. The summed E-state index contributed by atoms with van der Waals surface area (Å²) in [5, 5.41) is 38.6. The summed E-state index contributed by atoms with van der Waals surface area (Å²) in [6.45, 7) is 3.88. The summed E-state index contributed by atoms with van der Waals surface area (Å²) in [7, 11) is 0. The van der Waals surface area contributed by atoms with Gasteiger partial charge in [-0.2, -0.15) is 0 Å². The number of rotatable bonds is 3. The van der Waals surface area contributed by atoms with E-state index in [1.807, 2.05) is 38.1 Å². The molecule has 0 aliphatic carbocycles. The van der Waals surface area contributed by atoms with Gasteiger partial charge in [-0.1, -0.05) is 35.3 Å². The van der Waals surface area contributed by atoms with Crippen molar-refractivity contribution in [3.05, 3.63) is 93.5 Å². The second-order valence-corrected chi connectivity index (χ2v) is 9.80. The highest BCUT2D eigenvalue weighted by molar-refractivity contribution is 6.31. The van der Waals surface area contributed by atoms with Gasteiger partial charge in [0.2, 0.25) is 0 Å². The highest BCUT2D eigenvalue weighted by Gasteiger charge is 2.13. The molecular weight excluding hydrogens is 547 g/mol. The van der Waals surface area contributed by atoms with Crippen molar-refractivity contribution in [2.24, 2.45) is 0 Å². The molecule has 2 heterocycles. The van der Waals surface area contributed by atoms with E-state index in [0.29, 0.717) is 43.5 Å². The van der Waals surface area contributed by atoms with Crippen molar-refractivity contribution >= 4 is 56.9 Å². The molecule has 0 saturated heterocycles. The van der Waals surface area contributed by atoms with Gasteiger partial charge in [-0.3, -0.25) is 0 Å². The number of fused-ring (bicyclic) bond motifs is 2. The Kier molecular flexibility index (Phi) is 7.12. The first-order chi connectivity index (χ1) is 18.2. The van der Waals surface area contributed by atoms with Crippen LogP contribution in [-0.4, -0.2) is 40.2 Å². The summed E-state index contributed by atoms with van der Waals surface area (Å²) in [4.78, 5) is 2.82. The Morgan fingerprint density at radius 2 is 1.16 bits per heavy atom. The predicted molar refractivity (Wildman–Crippen MR) is 150 cm³/mol. The van der Waals surface area contributed by atoms with E-state index in [4.69, 9.17) is 34.8 Å². The van der Waals surface area contributed by atoms with E-state index in [9.17, 15) is 10.2 Å². The van der Waals surface area contributed by atoms with Crippen LogP contribution >= 0.6 is 34.8 Å². The zero-order valence-electron chi connectivity index (χ0n) is 20.3. The second kappa shape index (κ2) is 10.5. The van der Waals surface area contributed by atoms with Gasteiger partial charge in [-0.25, -0.2) is 0 Å². The van der Waals surface area contributed by atoms with Gasteiger partial charge in [0, 0.05) is 15.6 Å². The van der Waals surface area contributed by atoms with E-state index < -0.39 is 0 Å². The van der Waals surface area contributed by atoms with Crippen LogP contribution in [0.25, 0.3) is 33.4 Å². The lowest BCUT2D eigenvalue weighted by Gasteiger charge is -2.08. The van der Waals surface area contributed by atoms with Crippen LogP contribution in [0, 0.1) is 13.8 Å². The molecule has 0 aliphatic heterocycles. The molecule has 192 valence electrons. The van der Waals surface area contributed by atoms with Gasteiger partial charge in [0.15, 0.2) is 0 Å². The van der Waals surface area contributed by atoms with Gasteiger partial charge >= 0.3 is 0 Å². The Morgan fingerprint density at radius 3 is 1.74 bits per heavy atom. The average Bonchev–Trinajstić information content (AvgIpc) is 3.50. The topological polar surface area (TPSA) is 102 Å². The van der Waals surface area contributed by atoms with Crippen LogP contribution in [-0.2, 0) is 5.88 Å². The van der Waals surface area contributed by atoms with Gasteiger partial charge in [-0.05, 0) is 79.6 Å². The van der Waals surface area contributed by atoms with Crippen LogP contribution in [0.15, 0.2) is 66.7 Å². The molecule has 0 spiro atoms. The highest BCUT2D eigenvalue weighted by Crippen LogP contribution is 2.29. The lowest BCUT2D eigenvalue weighted by molar-refractivity contribution is 0.463. The van der Waals surface area contributed by atoms with Crippen LogP contribution in [0.1, 0.15) is 16.7 Å². The quantitative estimate of drug-likeness (QED) is 0.225. The van der Waals surface area contributed by atoms with Crippen molar-refractivity contribution in [1.29, 1.82) is 0 Å². The molecule has 0 radical (unpaired) electrons. The van der Waals surface area contributed by atoms with E-state index in [1.165, 1.54) is 9.59 Å². The Labute approximate surface area is 232 Å². The number of aromatic nitrogens is 6. The maximum absolute atomic E-state index is 10.2. The third kappa shape index (κ3) is 5.24. The smallest absolute Gasteiger partial charge is 0.147 e. The van der Waals surface area contributed by atoms with E-state index in [-0.39, 0.29) is 17.4 Å². The SMILES string of the molecule is Cc1cc(CCl)c(O)c(-n2nc3ccc(Cl)cc3n2)c1.Cc1ccc(O)c(-n2nc3ccc(Cl)cc3n2)c1. The number of hydrogen-bond acceptors (Lipinski definition) is 6. The molecule has 0 fully saturated rings. The maximum Gasteiger partial charge on any atom is 0.147 e.